The third kappa shape index (κ3) is 16.5. The minimum atomic E-state index is -0.869. The van der Waals surface area contributed by atoms with Crippen molar-refractivity contribution < 1.29 is 38.4 Å². The van der Waals surface area contributed by atoms with Crippen LogP contribution in [0.1, 0.15) is 125 Å². The zero-order chi connectivity index (χ0) is 52.9. The van der Waals surface area contributed by atoms with Crippen LogP contribution < -0.4 is 42.5 Å². The summed E-state index contributed by atoms with van der Waals surface area (Å²) in [6, 6.07) is 18.8. The van der Waals surface area contributed by atoms with Crippen molar-refractivity contribution in [3.63, 3.8) is 0 Å². The summed E-state index contributed by atoms with van der Waals surface area (Å²) < 4.78 is 0. The molecular formula is C54H78Cl2N10O8. The van der Waals surface area contributed by atoms with Gasteiger partial charge in [0.15, 0.2) is 0 Å². The molecule has 0 radical (unpaired) electrons. The Bertz CT molecular complexity index is 2220. The summed E-state index contributed by atoms with van der Waals surface area (Å²) in [5.74, 6) is -2.95. The molecule has 0 spiro atoms. The van der Waals surface area contributed by atoms with E-state index in [1.807, 2.05) is 102 Å². The van der Waals surface area contributed by atoms with Gasteiger partial charge in [-0.25, -0.2) is 0 Å². The molecule has 2 aliphatic heterocycles. The van der Waals surface area contributed by atoms with E-state index in [4.69, 9.17) is 0 Å². The highest BCUT2D eigenvalue weighted by molar-refractivity contribution is 5.98. The summed E-state index contributed by atoms with van der Waals surface area (Å²) in [5, 5.41) is 23.5. The molecule has 406 valence electrons. The van der Waals surface area contributed by atoms with Gasteiger partial charge in [0.2, 0.25) is 35.4 Å². The molecule has 0 saturated carbocycles. The smallest absolute Gasteiger partial charge is 0.251 e. The fourth-order valence-corrected chi connectivity index (χ4v) is 8.81. The van der Waals surface area contributed by atoms with Gasteiger partial charge in [-0.05, 0) is 99.8 Å². The van der Waals surface area contributed by atoms with Crippen molar-refractivity contribution in [2.45, 2.75) is 129 Å². The predicted octanol–water partition coefficient (Wildman–Crippen LogP) is 3.96. The van der Waals surface area contributed by atoms with Crippen molar-refractivity contribution >= 4 is 72.1 Å². The van der Waals surface area contributed by atoms with Crippen LogP contribution in [0.2, 0.25) is 0 Å². The van der Waals surface area contributed by atoms with Gasteiger partial charge in [-0.1, -0.05) is 102 Å². The molecule has 0 aromatic heterocycles. The fraction of sp³-hybridized carbons (Fsp3) is 0.519. The van der Waals surface area contributed by atoms with E-state index in [9.17, 15) is 38.4 Å². The van der Waals surface area contributed by atoms with Gasteiger partial charge in [0.1, 0.15) is 24.2 Å². The molecule has 8 atom stereocenters. The van der Waals surface area contributed by atoms with E-state index in [1.54, 1.807) is 37.7 Å². The van der Waals surface area contributed by atoms with Crippen LogP contribution in [0, 0.1) is 10.8 Å². The molecule has 8 amide bonds. The molecule has 8 N–H and O–H groups in total. The lowest BCUT2D eigenvalue weighted by Crippen LogP contribution is -2.59. The SMILES string of the molecule is CN[C@@H](C)C(=O)N[C@H](C(=O)N1CCC[C@H]1C(=O)N[C@H](CNC(=O)c1ccc(C(=O)NC[C@@H](NC(=O)[C@@H]2CCCN2C(=O)[C@@H](NC(=O)[C@H](C)NC)C(C)(C)C)c2ccccc2)cc1)c1ccccc1)C(C)(C)C.Cl.Cl. The number of carbonyl (C=O) groups is 8. The molecule has 3 aromatic carbocycles. The highest BCUT2D eigenvalue weighted by atomic mass is 35.5. The first-order chi connectivity index (χ1) is 34.0. The lowest BCUT2D eigenvalue weighted by molar-refractivity contribution is -0.144. The van der Waals surface area contributed by atoms with E-state index in [0.717, 1.165) is 11.1 Å². The van der Waals surface area contributed by atoms with Crippen molar-refractivity contribution in [1.29, 1.82) is 0 Å². The van der Waals surface area contributed by atoms with Crippen LogP contribution in [-0.2, 0) is 28.8 Å². The van der Waals surface area contributed by atoms with Crippen LogP contribution in [0.15, 0.2) is 84.9 Å². The van der Waals surface area contributed by atoms with E-state index in [-0.39, 0.29) is 84.5 Å². The molecule has 2 heterocycles. The second-order valence-corrected chi connectivity index (χ2v) is 21.0. The lowest BCUT2D eigenvalue weighted by atomic mass is 9.85. The van der Waals surface area contributed by atoms with E-state index >= 15 is 0 Å². The van der Waals surface area contributed by atoms with Crippen LogP contribution in [0.25, 0.3) is 0 Å². The Morgan fingerprint density at radius 3 is 1.14 bits per heavy atom. The highest BCUT2D eigenvalue weighted by Gasteiger charge is 2.44. The number of carbonyl (C=O) groups excluding carboxylic acids is 8. The average Bonchev–Trinajstić information content (AvgIpc) is 4.08. The number of nitrogens with zero attached hydrogens (tertiary/aromatic N) is 2. The Hall–Kier alpha value is -6.08. The number of benzene rings is 3. The van der Waals surface area contributed by atoms with Crippen LogP contribution in [-0.4, -0.2) is 134 Å². The number of halogens is 2. The van der Waals surface area contributed by atoms with Gasteiger partial charge >= 0.3 is 0 Å². The van der Waals surface area contributed by atoms with E-state index in [0.29, 0.717) is 38.8 Å². The molecule has 0 aliphatic carbocycles. The highest BCUT2D eigenvalue weighted by Crippen LogP contribution is 2.29. The third-order valence-electron chi connectivity index (χ3n) is 13.5. The number of nitrogens with one attached hydrogen (secondary N) is 8. The zero-order valence-corrected chi connectivity index (χ0v) is 46.0. The van der Waals surface area contributed by atoms with Crippen LogP contribution in [0.5, 0.6) is 0 Å². The Labute approximate surface area is 448 Å². The number of hydrogen-bond donors (Lipinski definition) is 8. The molecule has 18 nitrogen and oxygen atoms in total. The largest absolute Gasteiger partial charge is 0.350 e. The second kappa shape index (κ2) is 28.0. The van der Waals surface area contributed by atoms with Crippen molar-refractivity contribution in [2.24, 2.45) is 10.8 Å². The Kier molecular flexibility index (Phi) is 23.5. The molecule has 2 saturated heterocycles. The van der Waals surface area contributed by atoms with Crippen LogP contribution in [0.4, 0.5) is 0 Å². The molecular weight excluding hydrogens is 988 g/mol. The minimum absolute atomic E-state index is 0. The minimum Gasteiger partial charge on any atom is -0.350 e. The maximum atomic E-state index is 14.1. The molecule has 20 heteroatoms. The standard InChI is InChI=1S/C54H76N10O8.2ClH/c1-33(55-9)45(65)61-43(53(3,4)5)51(71)63-29-17-23-41(63)49(69)59-39(35-19-13-11-14-20-35)31-57-47(67)37-25-27-38(28-26-37)48(68)58-32-40(36-21-15-12-16-22-36)60-50(70)42-24-18-30-64(42)52(72)44(54(6,7)8)62-46(66)34(2)56-10;;/h11-16,19-22,25-28,33-34,39-44,55-56H,17-18,23-24,29-32H2,1-10H3,(H,57,67)(H,58,68)(H,59,69)(H,60,70)(H,61,65)(H,62,66);2*1H/t33-,34-,39+,40+,41-,42-,43+,44+;;/m0../s1. The molecule has 0 bridgehead atoms. The topological polar surface area (TPSA) is 239 Å². The molecule has 0 unspecified atom stereocenters. The second-order valence-electron chi connectivity index (χ2n) is 21.0. The van der Waals surface area contributed by atoms with Gasteiger partial charge in [-0.15, -0.1) is 24.8 Å². The summed E-state index contributed by atoms with van der Waals surface area (Å²) in [5.41, 5.74) is 0.752. The van der Waals surface area contributed by atoms with Gasteiger partial charge in [-0.2, -0.15) is 0 Å². The van der Waals surface area contributed by atoms with E-state index < -0.39 is 71.0 Å². The first-order valence-corrected chi connectivity index (χ1v) is 25.0. The molecule has 3 aromatic rings. The molecule has 2 aliphatic rings. The first kappa shape index (κ1) is 62.2. The van der Waals surface area contributed by atoms with Gasteiger partial charge < -0.3 is 52.3 Å². The van der Waals surface area contributed by atoms with Gasteiger partial charge in [-0.3, -0.25) is 38.4 Å². The predicted molar refractivity (Wildman–Crippen MR) is 290 cm³/mol. The quantitative estimate of drug-likeness (QED) is 0.0811. The van der Waals surface area contributed by atoms with Gasteiger partial charge in [0.25, 0.3) is 11.8 Å². The first-order valence-electron chi connectivity index (χ1n) is 25.0. The lowest BCUT2D eigenvalue weighted by Gasteiger charge is -2.36. The number of rotatable bonds is 20. The summed E-state index contributed by atoms with van der Waals surface area (Å²) in [6.45, 7) is 15.4. The number of likely N-dealkylation sites (N-methyl/N-ethyl adjacent to an activating group) is 2. The zero-order valence-electron chi connectivity index (χ0n) is 44.3. The Morgan fingerprint density at radius 2 is 0.838 bits per heavy atom. The number of amides is 8. The summed E-state index contributed by atoms with van der Waals surface area (Å²) >= 11 is 0. The molecule has 5 rings (SSSR count). The maximum absolute atomic E-state index is 14.1. The number of likely N-dealkylation sites (tertiary alicyclic amines) is 2. The van der Waals surface area contributed by atoms with Crippen LogP contribution >= 0.6 is 24.8 Å². The normalized spacial score (nSPS) is 17.9. The fourth-order valence-electron chi connectivity index (χ4n) is 8.81. The average molecular weight is 1070 g/mol. The van der Waals surface area contributed by atoms with Crippen molar-refractivity contribution in [3.05, 3.63) is 107 Å². The summed E-state index contributed by atoms with van der Waals surface area (Å²) in [6.07, 6.45) is 2.08. The van der Waals surface area contributed by atoms with Crippen molar-refractivity contribution in [1.82, 2.24) is 52.3 Å². The van der Waals surface area contributed by atoms with Gasteiger partial charge in [0.05, 0.1) is 24.2 Å². The van der Waals surface area contributed by atoms with Crippen molar-refractivity contribution in [2.75, 3.05) is 40.3 Å². The maximum Gasteiger partial charge on any atom is 0.251 e. The Balaban J connectivity index is 0.00000722. The van der Waals surface area contributed by atoms with Crippen molar-refractivity contribution in [3.8, 4) is 0 Å². The monoisotopic (exact) mass is 1060 g/mol. The van der Waals surface area contributed by atoms with Crippen LogP contribution in [0.3, 0.4) is 0 Å². The molecule has 74 heavy (non-hydrogen) atoms. The Morgan fingerprint density at radius 1 is 0.514 bits per heavy atom. The van der Waals surface area contributed by atoms with E-state index in [1.165, 1.54) is 24.3 Å². The van der Waals surface area contributed by atoms with Gasteiger partial charge in [0, 0.05) is 37.3 Å². The molecule has 2 fully saturated rings. The van der Waals surface area contributed by atoms with E-state index in [2.05, 4.69) is 42.5 Å². The third-order valence-corrected chi connectivity index (χ3v) is 13.5. The summed E-state index contributed by atoms with van der Waals surface area (Å²) in [7, 11) is 3.33. The number of hydrogen-bond acceptors (Lipinski definition) is 10. The summed E-state index contributed by atoms with van der Waals surface area (Å²) in [4.78, 5) is 112.